The van der Waals surface area contributed by atoms with Gasteiger partial charge in [-0.25, -0.2) is 0 Å². The van der Waals surface area contributed by atoms with Crippen molar-refractivity contribution in [2.45, 2.75) is 12.5 Å². The van der Waals surface area contributed by atoms with Gasteiger partial charge in [0.2, 0.25) is 6.79 Å². The van der Waals surface area contributed by atoms with Crippen molar-refractivity contribution in [1.29, 1.82) is 0 Å². The van der Waals surface area contributed by atoms with Crippen LogP contribution in [0.3, 0.4) is 0 Å². The van der Waals surface area contributed by atoms with Crippen LogP contribution in [0.25, 0.3) is 0 Å². The average molecular weight is 297 g/mol. The first-order valence-electron chi connectivity index (χ1n) is 7.23. The smallest absolute Gasteiger partial charge is 0.251 e. The number of amides is 1. The zero-order valence-electron chi connectivity index (χ0n) is 11.9. The Labute approximate surface area is 127 Å². The topological polar surface area (TPSA) is 56.8 Å². The summed E-state index contributed by atoms with van der Waals surface area (Å²) in [7, 11) is 0. The van der Waals surface area contributed by atoms with E-state index in [0.717, 1.165) is 17.7 Å². The standard InChI is InChI=1S/C17H15NO4/c19-17(11-5-6-15-16(9-11)22-10-21-15)18-13-7-8-20-14-4-2-1-3-12(13)14/h1-6,9,13H,7-8,10H2,(H,18,19)/t13-/m1/s1. The van der Waals surface area contributed by atoms with Crippen LogP contribution >= 0.6 is 0 Å². The van der Waals surface area contributed by atoms with Crippen LogP contribution < -0.4 is 19.5 Å². The van der Waals surface area contributed by atoms with E-state index >= 15 is 0 Å². The number of fused-ring (bicyclic) bond motifs is 2. The summed E-state index contributed by atoms with van der Waals surface area (Å²) >= 11 is 0. The average Bonchev–Trinajstić information content (AvgIpc) is 3.02. The van der Waals surface area contributed by atoms with Crippen molar-refractivity contribution in [3.05, 3.63) is 53.6 Å². The van der Waals surface area contributed by atoms with Gasteiger partial charge in [-0.05, 0) is 24.3 Å². The molecule has 112 valence electrons. The van der Waals surface area contributed by atoms with E-state index in [1.807, 2.05) is 24.3 Å². The fourth-order valence-corrected chi connectivity index (χ4v) is 2.77. The van der Waals surface area contributed by atoms with Gasteiger partial charge in [-0.3, -0.25) is 4.79 Å². The highest BCUT2D eigenvalue weighted by Gasteiger charge is 2.24. The number of carbonyl (C=O) groups excluding carboxylic acids is 1. The second-order valence-electron chi connectivity index (χ2n) is 5.27. The lowest BCUT2D eigenvalue weighted by Crippen LogP contribution is -2.32. The highest BCUT2D eigenvalue weighted by Crippen LogP contribution is 2.34. The van der Waals surface area contributed by atoms with Crippen LogP contribution in [0, 0.1) is 0 Å². The summed E-state index contributed by atoms with van der Waals surface area (Å²) in [6.45, 7) is 0.802. The van der Waals surface area contributed by atoms with E-state index in [0.29, 0.717) is 23.7 Å². The second kappa shape index (κ2) is 5.26. The lowest BCUT2D eigenvalue weighted by molar-refractivity contribution is 0.0924. The zero-order chi connectivity index (χ0) is 14.9. The molecule has 2 aromatic rings. The molecule has 0 saturated heterocycles. The number of para-hydroxylation sites is 1. The molecule has 0 spiro atoms. The van der Waals surface area contributed by atoms with Crippen molar-refractivity contribution in [1.82, 2.24) is 5.32 Å². The van der Waals surface area contributed by atoms with Gasteiger partial charge >= 0.3 is 0 Å². The number of benzene rings is 2. The highest BCUT2D eigenvalue weighted by atomic mass is 16.7. The summed E-state index contributed by atoms with van der Waals surface area (Å²) in [5.74, 6) is 2.00. The quantitative estimate of drug-likeness (QED) is 0.926. The molecule has 1 atom stereocenters. The van der Waals surface area contributed by atoms with Gasteiger partial charge in [-0.2, -0.15) is 0 Å². The van der Waals surface area contributed by atoms with Crippen LogP contribution in [0.15, 0.2) is 42.5 Å². The molecule has 2 aliphatic heterocycles. The molecule has 22 heavy (non-hydrogen) atoms. The van der Waals surface area contributed by atoms with Gasteiger partial charge in [0, 0.05) is 17.5 Å². The highest BCUT2D eigenvalue weighted by molar-refractivity contribution is 5.95. The molecular formula is C17H15NO4. The fourth-order valence-electron chi connectivity index (χ4n) is 2.77. The molecule has 2 aliphatic rings. The minimum Gasteiger partial charge on any atom is -0.493 e. The van der Waals surface area contributed by atoms with Gasteiger partial charge < -0.3 is 19.5 Å². The molecular weight excluding hydrogens is 282 g/mol. The van der Waals surface area contributed by atoms with E-state index in [4.69, 9.17) is 14.2 Å². The van der Waals surface area contributed by atoms with E-state index < -0.39 is 0 Å². The Morgan fingerprint density at radius 1 is 1.00 bits per heavy atom. The lowest BCUT2D eigenvalue weighted by atomic mass is 10.00. The summed E-state index contributed by atoms with van der Waals surface area (Å²) in [5.41, 5.74) is 1.58. The fraction of sp³-hybridized carbons (Fsp3) is 0.235. The van der Waals surface area contributed by atoms with Crippen LogP contribution in [0.2, 0.25) is 0 Å². The van der Waals surface area contributed by atoms with Gasteiger partial charge in [0.05, 0.1) is 12.6 Å². The largest absolute Gasteiger partial charge is 0.493 e. The van der Waals surface area contributed by atoms with Gasteiger partial charge in [0.25, 0.3) is 5.91 Å². The number of rotatable bonds is 2. The molecule has 1 amide bonds. The number of nitrogens with one attached hydrogen (secondary N) is 1. The Hall–Kier alpha value is -2.69. The van der Waals surface area contributed by atoms with Gasteiger partial charge in [0.1, 0.15) is 5.75 Å². The minimum atomic E-state index is -0.125. The Bertz CT molecular complexity index is 728. The number of hydrogen-bond donors (Lipinski definition) is 1. The monoisotopic (exact) mass is 297 g/mol. The first-order valence-corrected chi connectivity index (χ1v) is 7.23. The van der Waals surface area contributed by atoms with Gasteiger partial charge in [-0.1, -0.05) is 18.2 Å². The molecule has 0 bridgehead atoms. The molecule has 4 rings (SSSR count). The molecule has 0 aromatic heterocycles. The molecule has 2 aromatic carbocycles. The Balaban J connectivity index is 1.55. The SMILES string of the molecule is O=C(N[C@@H]1CCOc2ccccc21)c1ccc2c(c1)OCO2. The van der Waals surface area contributed by atoms with Crippen molar-refractivity contribution >= 4 is 5.91 Å². The maximum Gasteiger partial charge on any atom is 0.251 e. The molecule has 0 radical (unpaired) electrons. The first kappa shape index (κ1) is 13.0. The lowest BCUT2D eigenvalue weighted by Gasteiger charge is -2.26. The summed E-state index contributed by atoms with van der Waals surface area (Å²) < 4.78 is 16.2. The van der Waals surface area contributed by atoms with E-state index in [2.05, 4.69) is 5.32 Å². The van der Waals surface area contributed by atoms with Gasteiger partial charge in [0.15, 0.2) is 11.5 Å². The number of carbonyl (C=O) groups is 1. The van der Waals surface area contributed by atoms with Crippen molar-refractivity contribution < 1.29 is 19.0 Å². The first-order chi connectivity index (χ1) is 10.8. The molecule has 5 nitrogen and oxygen atoms in total. The zero-order valence-corrected chi connectivity index (χ0v) is 11.9. The molecule has 2 heterocycles. The van der Waals surface area contributed by atoms with Crippen LogP contribution in [-0.4, -0.2) is 19.3 Å². The van der Waals surface area contributed by atoms with Crippen LogP contribution in [0.1, 0.15) is 28.4 Å². The van der Waals surface area contributed by atoms with Crippen LogP contribution in [0.4, 0.5) is 0 Å². The van der Waals surface area contributed by atoms with Gasteiger partial charge in [-0.15, -0.1) is 0 Å². The predicted molar refractivity (Wildman–Crippen MR) is 79.3 cm³/mol. The Morgan fingerprint density at radius 2 is 1.86 bits per heavy atom. The van der Waals surface area contributed by atoms with Crippen molar-refractivity contribution in [3.63, 3.8) is 0 Å². The van der Waals surface area contributed by atoms with E-state index in [9.17, 15) is 4.79 Å². The predicted octanol–water partition coefficient (Wildman–Crippen LogP) is 2.67. The van der Waals surface area contributed by atoms with E-state index in [-0.39, 0.29) is 18.7 Å². The molecule has 1 N–H and O–H groups in total. The third kappa shape index (κ3) is 2.24. The number of ether oxygens (including phenoxy) is 3. The van der Waals surface area contributed by atoms with Crippen LogP contribution in [0.5, 0.6) is 17.2 Å². The number of hydrogen-bond acceptors (Lipinski definition) is 4. The summed E-state index contributed by atoms with van der Waals surface area (Å²) in [4.78, 5) is 12.5. The molecule has 0 unspecified atom stereocenters. The maximum atomic E-state index is 12.5. The van der Waals surface area contributed by atoms with Crippen molar-refractivity contribution in [2.24, 2.45) is 0 Å². The third-order valence-electron chi connectivity index (χ3n) is 3.90. The van der Waals surface area contributed by atoms with Crippen LogP contribution in [-0.2, 0) is 0 Å². The second-order valence-corrected chi connectivity index (χ2v) is 5.27. The summed E-state index contributed by atoms with van der Waals surface area (Å²) in [6, 6.07) is 13.0. The Kier molecular flexibility index (Phi) is 3.11. The summed E-state index contributed by atoms with van der Waals surface area (Å²) in [5, 5.41) is 3.07. The Morgan fingerprint density at radius 3 is 2.82 bits per heavy atom. The van der Waals surface area contributed by atoms with E-state index in [1.165, 1.54) is 0 Å². The normalized spacial score (nSPS) is 18.3. The molecule has 0 saturated carbocycles. The minimum absolute atomic E-state index is 0.0390. The maximum absolute atomic E-state index is 12.5. The molecule has 0 fully saturated rings. The summed E-state index contributed by atoms with van der Waals surface area (Å²) in [6.07, 6.45) is 0.757. The molecule has 0 aliphatic carbocycles. The molecule has 5 heteroatoms. The van der Waals surface area contributed by atoms with Crippen molar-refractivity contribution in [2.75, 3.05) is 13.4 Å². The van der Waals surface area contributed by atoms with Crippen molar-refractivity contribution in [3.8, 4) is 17.2 Å². The third-order valence-corrected chi connectivity index (χ3v) is 3.90. The van der Waals surface area contributed by atoms with E-state index in [1.54, 1.807) is 18.2 Å².